The van der Waals surface area contributed by atoms with E-state index < -0.39 is 21.1 Å². The summed E-state index contributed by atoms with van der Waals surface area (Å²) in [5.41, 5.74) is 0.232. The van der Waals surface area contributed by atoms with Crippen molar-refractivity contribution in [2.75, 3.05) is 7.11 Å². The Morgan fingerprint density at radius 3 is 2.44 bits per heavy atom. The van der Waals surface area contributed by atoms with Crippen LogP contribution in [0.2, 0.25) is 0 Å². The highest BCUT2D eigenvalue weighted by atomic mass is 32.2. The number of rotatable bonds is 5. The minimum Gasteiger partial charge on any atom is -0.497 e. The molecule has 0 saturated carbocycles. The molecule has 0 amide bonds. The average molecular weight is 272 g/mol. The summed E-state index contributed by atoms with van der Waals surface area (Å²) in [7, 11) is -1.91. The molecular weight excluding hydrogens is 256 g/mol. The molecule has 1 rings (SSSR count). The van der Waals surface area contributed by atoms with E-state index in [0.29, 0.717) is 5.75 Å². The lowest BCUT2D eigenvalue weighted by atomic mass is 10.1. The van der Waals surface area contributed by atoms with Crippen molar-refractivity contribution in [3.8, 4) is 5.75 Å². The highest BCUT2D eigenvalue weighted by Gasteiger charge is 2.21. The molecular formula is C12H16O5S. The largest absolute Gasteiger partial charge is 0.497 e. The van der Waals surface area contributed by atoms with Crippen LogP contribution < -0.4 is 4.74 Å². The van der Waals surface area contributed by atoms with Gasteiger partial charge in [-0.05, 0) is 31.5 Å². The molecule has 6 heteroatoms. The fourth-order valence-electron chi connectivity index (χ4n) is 1.39. The van der Waals surface area contributed by atoms with Crippen LogP contribution in [0.3, 0.4) is 0 Å². The Labute approximate surface area is 106 Å². The van der Waals surface area contributed by atoms with Gasteiger partial charge in [-0.25, -0.2) is 13.2 Å². The highest BCUT2D eigenvalue weighted by molar-refractivity contribution is 7.91. The lowest BCUT2D eigenvalue weighted by molar-refractivity contribution is 0.0695. The Morgan fingerprint density at radius 2 is 2.00 bits per heavy atom. The third-order valence-electron chi connectivity index (χ3n) is 2.62. The fraction of sp³-hybridized carbons (Fsp3) is 0.417. The molecule has 0 spiro atoms. The summed E-state index contributed by atoms with van der Waals surface area (Å²) in [6.45, 7) is 3.14. The van der Waals surface area contributed by atoms with Crippen molar-refractivity contribution in [3.63, 3.8) is 0 Å². The van der Waals surface area contributed by atoms with Crippen LogP contribution in [0.4, 0.5) is 0 Å². The van der Waals surface area contributed by atoms with Gasteiger partial charge in [-0.15, -0.1) is 0 Å². The van der Waals surface area contributed by atoms with Crippen molar-refractivity contribution in [3.05, 3.63) is 29.3 Å². The second-order valence-electron chi connectivity index (χ2n) is 4.18. The number of aromatic carboxylic acids is 1. The number of hydrogen-bond donors (Lipinski definition) is 1. The zero-order valence-electron chi connectivity index (χ0n) is 10.5. The average Bonchev–Trinajstić information content (AvgIpc) is 2.28. The quantitative estimate of drug-likeness (QED) is 0.882. The minimum atomic E-state index is -3.33. The zero-order valence-corrected chi connectivity index (χ0v) is 11.3. The molecule has 0 fully saturated rings. The molecule has 0 saturated heterocycles. The van der Waals surface area contributed by atoms with Gasteiger partial charge in [-0.2, -0.15) is 0 Å². The van der Waals surface area contributed by atoms with Gasteiger partial charge < -0.3 is 9.84 Å². The third-order valence-corrected chi connectivity index (χ3v) is 4.77. The predicted octanol–water partition coefficient (Wildman–Crippen LogP) is 1.72. The summed E-state index contributed by atoms with van der Waals surface area (Å²) >= 11 is 0. The van der Waals surface area contributed by atoms with Gasteiger partial charge in [0.15, 0.2) is 9.84 Å². The van der Waals surface area contributed by atoms with Crippen molar-refractivity contribution in [1.29, 1.82) is 0 Å². The summed E-state index contributed by atoms with van der Waals surface area (Å²) < 4.78 is 28.5. The number of carboxylic acids is 1. The van der Waals surface area contributed by atoms with E-state index in [1.54, 1.807) is 19.9 Å². The second-order valence-corrected chi connectivity index (χ2v) is 6.74. The topological polar surface area (TPSA) is 80.7 Å². The molecule has 0 aliphatic rings. The number of ether oxygens (including phenoxy) is 1. The van der Waals surface area contributed by atoms with Crippen LogP contribution in [0.1, 0.15) is 29.8 Å². The van der Waals surface area contributed by atoms with E-state index in [9.17, 15) is 13.2 Å². The molecule has 0 unspecified atom stereocenters. The molecule has 100 valence electrons. The van der Waals surface area contributed by atoms with Crippen LogP contribution in [0.15, 0.2) is 18.2 Å². The summed E-state index contributed by atoms with van der Waals surface area (Å²) in [6.07, 6.45) is 0. The van der Waals surface area contributed by atoms with Crippen molar-refractivity contribution in [2.24, 2.45) is 0 Å². The molecule has 5 nitrogen and oxygen atoms in total. The van der Waals surface area contributed by atoms with E-state index in [0.717, 1.165) is 0 Å². The van der Waals surface area contributed by atoms with E-state index in [-0.39, 0.29) is 16.9 Å². The molecule has 0 aromatic heterocycles. The number of sulfone groups is 1. The van der Waals surface area contributed by atoms with Gasteiger partial charge in [0, 0.05) is 0 Å². The SMILES string of the molecule is COc1ccc(CS(=O)(=O)C(C)C)c(C(=O)O)c1. The fourth-order valence-corrected chi connectivity index (χ4v) is 2.41. The maximum absolute atomic E-state index is 11.8. The van der Waals surface area contributed by atoms with E-state index in [2.05, 4.69) is 0 Å². The molecule has 1 aromatic rings. The number of benzene rings is 1. The second kappa shape index (κ2) is 5.39. The smallest absolute Gasteiger partial charge is 0.336 e. The zero-order chi connectivity index (χ0) is 13.9. The molecule has 0 aliphatic heterocycles. The number of hydrogen-bond acceptors (Lipinski definition) is 4. The molecule has 0 radical (unpaired) electrons. The van der Waals surface area contributed by atoms with Crippen molar-refractivity contribution < 1.29 is 23.1 Å². The Morgan fingerprint density at radius 1 is 1.39 bits per heavy atom. The van der Waals surface area contributed by atoms with Gasteiger partial charge in [0.25, 0.3) is 0 Å². The molecule has 0 atom stereocenters. The first-order valence-electron chi connectivity index (χ1n) is 5.39. The van der Waals surface area contributed by atoms with E-state index in [4.69, 9.17) is 9.84 Å². The summed E-state index contributed by atoms with van der Waals surface area (Å²) in [4.78, 5) is 11.1. The molecule has 0 heterocycles. The lowest BCUT2D eigenvalue weighted by Gasteiger charge is -2.11. The lowest BCUT2D eigenvalue weighted by Crippen LogP contribution is -2.17. The Hall–Kier alpha value is -1.56. The summed E-state index contributed by atoms with van der Waals surface area (Å²) in [6, 6.07) is 4.35. The van der Waals surface area contributed by atoms with E-state index in [1.165, 1.54) is 19.2 Å². The van der Waals surface area contributed by atoms with Gasteiger partial charge >= 0.3 is 5.97 Å². The van der Waals surface area contributed by atoms with Gasteiger partial charge in [0.1, 0.15) is 5.75 Å². The van der Waals surface area contributed by atoms with Crippen molar-refractivity contribution in [1.82, 2.24) is 0 Å². The Bertz CT molecular complexity index is 546. The van der Waals surface area contributed by atoms with Crippen LogP contribution in [-0.4, -0.2) is 31.9 Å². The molecule has 0 bridgehead atoms. The molecule has 0 aliphatic carbocycles. The Kier molecular flexibility index (Phi) is 4.34. The van der Waals surface area contributed by atoms with Crippen LogP contribution in [-0.2, 0) is 15.6 Å². The van der Waals surface area contributed by atoms with Crippen LogP contribution in [0, 0.1) is 0 Å². The maximum atomic E-state index is 11.8. The van der Waals surface area contributed by atoms with Crippen molar-refractivity contribution in [2.45, 2.75) is 24.9 Å². The first-order valence-corrected chi connectivity index (χ1v) is 7.11. The Balaban J connectivity index is 3.21. The first kappa shape index (κ1) is 14.5. The molecule has 1 N–H and O–H groups in total. The van der Waals surface area contributed by atoms with Gasteiger partial charge in [-0.3, -0.25) is 0 Å². The molecule has 1 aromatic carbocycles. The number of carbonyl (C=O) groups is 1. The molecule has 18 heavy (non-hydrogen) atoms. The highest BCUT2D eigenvalue weighted by Crippen LogP contribution is 2.21. The maximum Gasteiger partial charge on any atom is 0.336 e. The standard InChI is InChI=1S/C12H16O5S/c1-8(2)18(15,16)7-9-4-5-10(17-3)6-11(9)12(13)14/h4-6,8H,7H2,1-3H3,(H,13,14). The van der Waals surface area contributed by atoms with Crippen molar-refractivity contribution >= 4 is 15.8 Å². The summed E-state index contributed by atoms with van der Waals surface area (Å²) in [5, 5.41) is 8.53. The first-order chi connectivity index (χ1) is 8.27. The van der Waals surface area contributed by atoms with E-state index >= 15 is 0 Å². The number of methoxy groups -OCH3 is 1. The van der Waals surface area contributed by atoms with Crippen LogP contribution in [0.25, 0.3) is 0 Å². The summed E-state index contributed by atoms with van der Waals surface area (Å²) in [5.74, 6) is -1.06. The minimum absolute atomic E-state index is 0.0430. The van der Waals surface area contributed by atoms with Gasteiger partial charge in [-0.1, -0.05) is 6.07 Å². The van der Waals surface area contributed by atoms with Gasteiger partial charge in [0.05, 0.1) is 23.7 Å². The normalized spacial score (nSPS) is 11.6. The number of carboxylic acid groups (broad SMARTS) is 1. The van der Waals surface area contributed by atoms with E-state index in [1.807, 2.05) is 0 Å². The van der Waals surface area contributed by atoms with Gasteiger partial charge in [0.2, 0.25) is 0 Å². The predicted molar refractivity (Wildman–Crippen MR) is 67.7 cm³/mol. The third kappa shape index (κ3) is 3.22. The monoisotopic (exact) mass is 272 g/mol. The van der Waals surface area contributed by atoms with Crippen LogP contribution in [0.5, 0.6) is 5.75 Å². The van der Waals surface area contributed by atoms with Crippen LogP contribution >= 0.6 is 0 Å².